The number of nitrogens with zero attached hydrogens (tertiary/aromatic N) is 1. The van der Waals surface area contributed by atoms with Gasteiger partial charge in [0.1, 0.15) is 5.25 Å². The van der Waals surface area contributed by atoms with Crippen molar-refractivity contribution in [2.24, 2.45) is 0 Å². The molecule has 1 aliphatic heterocycles. The van der Waals surface area contributed by atoms with Crippen molar-refractivity contribution in [2.45, 2.75) is 24.1 Å². The van der Waals surface area contributed by atoms with Gasteiger partial charge < -0.3 is 9.67 Å². The number of hydrogen-bond donors (Lipinski definition) is 2. The molecule has 2 aromatic carbocycles. The zero-order chi connectivity index (χ0) is 17.4. The van der Waals surface area contributed by atoms with Crippen molar-refractivity contribution in [2.75, 3.05) is 6.54 Å². The summed E-state index contributed by atoms with van der Waals surface area (Å²) < 4.78 is 2.26. The summed E-state index contributed by atoms with van der Waals surface area (Å²) in [6.07, 6.45) is 2.17. The zero-order valence-corrected chi connectivity index (χ0v) is 14.8. The normalized spacial score (nSPS) is 20.2. The Morgan fingerprint density at radius 1 is 1.28 bits per heavy atom. The highest BCUT2D eigenvalue weighted by atomic mass is 32.2. The summed E-state index contributed by atoms with van der Waals surface area (Å²) in [4.78, 5) is 11.3. The summed E-state index contributed by atoms with van der Waals surface area (Å²) in [5.41, 5.74) is 4.87. The number of thioether (sulfide) groups is 1. The van der Waals surface area contributed by atoms with Crippen LogP contribution in [-0.2, 0) is 11.3 Å². The molecule has 4 rings (SSSR count). The molecule has 2 atom stereocenters. The van der Waals surface area contributed by atoms with Gasteiger partial charge in [0.25, 0.3) is 0 Å². The molecule has 25 heavy (non-hydrogen) atoms. The second-order valence-electron chi connectivity index (χ2n) is 6.47. The van der Waals surface area contributed by atoms with E-state index in [-0.39, 0.29) is 10.6 Å². The highest BCUT2D eigenvalue weighted by molar-refractivity contribution is 8.01. The molecule has 1 aliphatic rings. The number of benzene rings is 2. The van der Waals surface area contributed by atoms with Crippen LogP contribution >= 0.6 is 11.8 Å². The Morgan fingerprint density at radius 3 is 2.88 bits per heavy atom. The first-order valence-electron chi connectivity index (χ1n) is 8.37. The summed E-state index contributed by atoms with van der Waals surface area (Å²) in [5, 5.41) is 13.4. The number of carbonyl (C=O) groups is 1. The monoisotopic (exact) mass is 352 g/mol. The molecule has 2 heterocycles. The summed E-state index contributed by atoms with van der Waals surface area (Å²) in [6.45, 7) is 3.41. The molecule has 0 saturated carbocycles. The van der Waals surface area contributed by atoms with Crippen LogP contribution in [0.4, 0.5) is 0 Å². The molecule has 0 radical (unpaired) electrons. The fraction of sp³-hybridized carbons (Fsp3) is 0.250. The van der Waals surface area contributed by atoms with Gasteiger partial charge in [-0.1, -0.05) is 48.0 Å². The van der Waals surface area contributed by atoms with E-state index < -0.39 is 5.97 Å². The van der Waals surface area contributed by atoms with E-state index in [1.54, 1.807) is 0 Å². The molecular weight excluding hydrogens is 332 g/mol. The molecule has 0 aliphatic carbocycles. The number of para-hydroxylation sites is 1. The third-order valence-electron chi connectivity index (χ3n) is 4.60. The molecule has 0 bridgehead atoms. The van der Waals surface area contributed by atoms with E-state index >= 15 is 0 Å². The molecule has 2 N–H and O–H groups in total. The van der Waals surface area contributed by atoms with Crippen molar-refractivity contribution in [3.05, 3.63) is 71.4 Å². The molecule has 0 amide bonds. The lowest BCUT2D eigenvalue weighted by molar-refractivity contribution is -0.136. The Labute approximate surface area is 150 Å². The first-order valence-corrected chi connectivity index (χ1v) is 9.31. The first kappa shape index (κ1) is 16.2. The van der Waals surface area contributed by atoms with E-state index in [4.69, 9.17) is 0 Å². The number of aromatic nitrogens is 1. The van der Waals surface area contributed by atoms with Gasteiger partial charge >= 0.3 is 5.97 Å². The lowest BCUT2D eigenvalue weighted by Gasteiger charge is -2.08. The van der Waals surface area contributed by atoms with Crippen LogP contribution in [0.3, 0.4) is 0 Å². The highest BCUT2D eigenvalue weighted by Gasteiger charge is 2.32. The number of hydrogen-bond acceptors (Lipinski definition) is 3. The number of rotatable bonds is 4. The number of aliphatic carboxylic acids is 1. The summed E-state index contributed by atoms with van der Waals surface area (Å²) in [6, 6.07) is 16.9. The summed E-state index contributed by atoms with van der Waals surface area (Å²) in [7, 11) is 0. The molecule has 1 fully saturated rings. The zero-order valence-electron chi connectivity index (χ0n) is 14.0. The van der Waals surface area contributed by atoms with E-state index in [9.17, 15) is 9.90 Å². The maximum Gasteiger partial charge on any atom is 0.318 e. The largest absolute Gasteiger partial charge is 0.480 e. The van der Waals surface area contributed by atoms with Gasteiger partial charge in [0, 0.05) is 35.8 Å². The van der Waals surface area contributed by atoms with E-state index in [1.165, 1.54) is 33.8 Å². The van der Waals surface area contributed by atoms with Crippen molar-refractivity contribution < 1.29 is 9.90 Å². The van der Waals surface area contributed by atoms with E-state index in [0.29, 0.717) is 6.54 Å². The predicted octanol–water partition coefficient (Wildman–Crippen LogP) is 3.79. The van der Waals surface area contributed by atoms with Crippen LogP contribution in [0.2, 0.25) is 0 Å². The number of aryl methyl sites for hydroxylation is 1. The second kappa shape index (κ2) is 6.58. The van der Waals surface area contributed by atoms with Gasteiger partial charge in [-0.2, -0.15) is 0 Å². The van der Waals surface area contributed by atoms with Crippen LogP contribution in [0.25, 0.3) is 10.9 Å². The van der Waals surface area contributed by atoms with E-state index in [0.717, 1.165) is 12.1 Å². The minimum atomic E-state index is -0.747. The number of carboxylic acids is 1. The Bertz CT molecular complexity index is 934. The lowest BCUT2D eigenvalue weighted by atomic mass is 10.1. The topological polar surface area (TPSA) is 54.3 Å². The van der Waals surface area contributed by atoms with Gasteiger partial charge in [-0.3, -0.25) is 10.1 Å². The summed E-state index contributed by atoms with van der Waals surface area (Å²) >= 11 is 1.48. The minimum absolute atomic E-state index is 0.0183. The average Bonchev–Trinajstić information content (AvgIpc) is 3.21. The van der Waals surface area contributed by atoms with Crippen LogP contribution in [0.5, 0.6) is 0 Å². The van der Waals surface area contributed by atoms with Gasteiger partial charge in [0.2, 0.25) is 0 Å². The lowest BCUT2D eigenvalue weighted by Crippen LogP contribution is -2.21. The first-order chi connectivity index (χ1) is 12.1. The number of nitrogens with one attached hydrogen (secondary N) is 1. The molecule has 0 unspecified atom stereocenters. The van der Waals surface area contributed by atoms with Gasteiger partial charge in [-0.05, 0) is 18.6 Å². The maximum atomic E-state index is 11.3. The minimum Gasteiger partial charge on any atom is -0.480 e. The number of carboxylic acid groups (broad SMARTS) is 1. The fourth-order valence-corrected chi connectivity index (χ4v) is 4.59. The van der Waals surface area contributed by atoms with E-state index in [1.807, 2.05) is 12.1 Å². The molecular formula is C20H20N2O2S. The predicted molar refractivity (Wildman–Crippen MR) is 102 cm³/mol. The van der Waals surface area contributed by atoms with Crippen LogP contribution in [0.1, 0.15) is 22.1 Å². The van der Waals surface area contributed by atoms with Crippen molar-refractivity contribution in [1.82, 2.24) is 9.88 Å². The van der Waals surface area contributed by atoms with Crippen molar-refractivity contribution in [3.63, 3.8) is 0 Å². The SMILES string of the molecule is Cc1cccc(Cn2cc([C@@H]3NC[C@@H](C(=O)O)S3)c3ccccc32)c1. The maximum absolute atomic E-state index is 11.3. The van der Waals surface area contributed by atoms with Gasteiger partial charge in [-0.25, -0.2) is 0 Å². The Balaban J connectivity index is 1.71. The van der Waals surface area contributed by atoms with Crippen LogP contribution in [0, 0.1) is 6.92 Å². The van der Waals surface area contributed by atoms with Crippen molar-refractivity contribution >= 4 is 28.6 Å². The Kier molecular flexibility index (Phi) is 4.27. The quantitative estimate of drug-likeness (QED) is 0.750. The smallest absolute Gasteiger partial charge is 0.318 e. The van der Waals surface area contributed by atoms with Crippen LogP contribution < -0.4 is 5.32 Å². The van der Waals surface area contributed by atoms with Crippen molar-refractivity contribution in [3.8, 4) is 0 Å². The van der Waals surface area contributed by atoms with E-state index in [2.05, 4.69) is 59.4 Å². The highest BCUT2D eigenvalue weighted by Crippen LogP contribution is 2.39. The molecule has 128 valence electrons. The fourth-order valence-electron chi connectivity index (χ4n) is 3.43. The summed E-state index contributed by atoms with van der Waals surface area (Å²) in [5.74, 6) is -0.747. The number of fused-ring (bicyclic) bond motifs is 1. The molecule has 1 aromatic heterocycles. The van der Waals surface area contributed by atoms with Gasteiger partial charge in [0.05, 0.1) is 5.37 Å². The third kappa shape index (κ3) is 3.17. The van der Waals surface area contributed by atoms with Crippen molar-refractivity contribution in [1.29, 1.82) is 0 Å². The molecule has 1 saturated heterocycles. The van der Waals surface area contributed by atoms with Gasteiger partial charge in [-0.15, -0.1) is 11.8 Å². The van der Waals surface area contributed by atoms with Crippen LogP contribution in [0.15, 0.2) is 54.7 Å². The molecule has 5 heteroatoms. The Hall–Kier alpha value is -2.24. The molecule has 3 aromatic rings. The van der Waals surface area contributed by atoms with Crippen LogP contribution in [-0.4, -0.2) is 27.4 Å². The molecule has 4 nitrogen and oxygen atoms in total. The molecule has 0 spiro atoms. The van der Waals surface area contributed by atoms with Gasteiger partial charge in [0.15, 0.2) is 0 Å². The Morgan fingerprint density at radius 2 is 2.12 bits per heavy atom. The standard InChI is InChI=1S/C20H20N2O2S/c1-13-5-4-6-14(9-13)11-22-12-16(15-7-2-3-8-17(15)22)19-21-10-18(25-19)20(23)24/h2-9,12,18-19,21H,10-11H2,1H3,(H,23,24)/t18-,19+/m0/s1. The average molecular weight is 352 g/mol. The third-order valence-corrected chi connectivity index (χ3v) is 5.99. The second-order valence-corrected chi connectivity index (χ2v) is 7.78.